The molecule has 0 aliphatic carbocycles. The second kappa shape index (κ2) is 9.83. The molecule has 22 heavy (non-hydrogen) atoms. The quantitative estimate of drug-likeness (QED) is 0.447. The standard InChI is InChI=1S/C15H24N4O2.HI/c1-16-15(19-7-6-13(10-19)11-20-2)18-9-12-4-5-14(21-3)17-8-12;/h4-5,8,13H,6-7,9-11H2,1-3H3,(H,16,18);1H. The zero-order valence-corrected chi connectivity index (χ0v) is 15.7. The summed E-state index contributed by atoms with van der Waals surface area (Å²) in [7, 11) is 5.19. The van der Waals surface area contributed by atoms with Crippen LogP contribution in [-0.4, -0.2) is 56.8 Å². The van der Waals surface area contributed by atoms with Gasteiger partial charge in [0.1, 0.15) is 0 Å². The minimum absolute atomic E-state index is 0. The van der Waals surface area contributed by atoms with E-state index in [4.69, 9.17) is 9.47 Å². The Balaban J connectivity index is 0.00000242. The zero-order chi connectivity index (χ0) is 15.1. The van der Waals surface area contributed by atoms with Crippen molar-refractivity contribution in [3.63, 3.8) is 0 Å². The zero-order valence-electron chi connectivity index (χ0n) is 13.4. The van der Waals surface area contributed by atoms with Crippen molar-refractivity contribution in [3.8, 4) is 5.88 Å². The number of ether oxygens (including phenoxy) is 2. The number of nitrogens with one attached hydrogen (secondary N) is 1. The number of aliphatic imine (C=N–C) groups is 1. The summed E-state index contributed by atoms with van der Waals surface area (Å²) in [5.74, 6) is 2.16. The lowest BCUT2D eigenvalue weighted by Gasteiger charge is -2.21. The van der Waals surface area contributed by atoms with Gasteiger partial charge in [0, 0.05) is 52.0 Å². The Bertz CT molecular complexity index is 467. The normalized spacial score (nSPS) is 18.0. The first-order valence-electron chi connectivity index (χ1n) is 7.20. The fraction of sp³-hybridized carbons (Fsp3) is 0.600. The van der Waals surface area contributed by atoms with E-state index in [9.17, 15) is 0 Å². The van der Waals surface area contributed by atoms with E-state index < -0.39 is 0 Å². The predicted octanol–water partition coefficient (Wildman–Crippen LogP) is 1.75. The number of aromatic nitrogens is 1. The third kappa shape index (κ3) is 5.28. The molecule has 124 valence electrons. The molecule has 1 aromatic heterocycles. The van der Waals surface area contributed by atoms with Gasteiger partial charge in [-0.1, -0.05) is 6.07 Å². The van der Waals surface area contributed by atoms with E-state index in [1.165, 1.54) is 0 Å². The number of rotatable bonds is 5. The molecule has 1 N–H and O–H groups in total. The molecule has 1 atom stereocenters. The Labute approximate surface area is 149 Å². The molecule has 0 radical (unpaired) electrons. The van der Waals surface area contributed by atoms with Crippen molar-refractivity contribution in [2.24, 2.45) is 10.9 Å². The van der Waals surface area contributed by atoms with E-state index in [-0.39, 0.29) is 24.0 Å². The van der Waals surface area contributed by atoms with Crippen LogP contribution in [0.15, 0.2) is 23.3 Å². The van der Waals surface area contributed by atoms with Gasteiger partial charge in [-0.05, 0) is 12.0 Å². The van der Waals surface area contributed by atoms with Crippen molar-refractivity contribution in [1.29, 1.82) is 0 Å². The van der Waals surface area contributed by atoms with E-state index >= 15 is 0 Å². The van der Waals surface area contributed by atoms with Gasteiger partial charge in [0.25, 0.3) is 0 Å². The average Bonchev–Trinajstić information content (AvgIpc) is 2.97. The summed E-state index contributed by atoms with van der Waals surface area (Å²) >= 11 is 0. The minimum Gasteiger partial charge on any atom is -0.481 e. The first kappa shape index (κ1) is 19.0. The molecule has 2 heterocycles. The Morgan fingerprint density at radius 3 is 2.86 bits per heavy atom. The van der Waals surface area contributed by atoms with Gasteiger partial charge < -0.3 is 19.7 Å². The Morgan fingerprint density at radius 2 is 2.27 bits per heavy atom. The monoisotopic (exact) mass is 420 g/mol. The highest BCUT2D eigenvalue weighted by Crippen LogP contribution is 2.16. The molecular formula is C15H25IN4O2. The van der Waals surface area contributed by atoms with Crippen LogP contribution in [0.25, 0.3) is 0 Å². The summed E-state index contributed by atoms with van der Waals surface area (Å²) in [6.07, 6.45) is 2.97. The summed E-state index contributed by atoms with van der Waals surface area (Å²) in [4.78, 5) is 10.8. The molecule has 1 aliphatic heterocycles. The highest BCUT2D eigenvalue weighted by Gasteiger charge is 2.24. The SMILES string of the molecule is CN=C(NCc1ccc(OC)nc1)N1CCC(COC)C1.I. The van der Waals surface area contributed by atoms with E-state index in [0.717, 1.165) is 37.6 Å². The number of pyridine rings is 1. The van der Waals surface area contributed by atoms with Crippen LogP contribution < -0.4 is 10.1 Å². The third-order valence-electron chi connectivity index (χ3n) is 3.66. The van der Waals surface area contributed by atoms with Gasteiger partial charge in [-0.3, -0.25) is 4.99 Å². The number of halogens is 1. The molecule has 0 spiro atoms. The molecule has 0 bridgehead atoms. The maximum atomic E-state index is 5.23. The highest BCUT2D eigenvalue weighted by molar-refractivity contribution is 14.0. The van der Waals surface area contributed by atoms with Crippen LogP contribution in [0.3, 0.4) is 0 Å². The second-order valence-corrected chi connectivity index (χ2v) is 5.17. The molecule has 1 aromatic rings. The molecule has 6 nitrogen and oxygen atoms in total. The van der Waals surface area contributed by atoms with Crippen LogP contribution >= 0.6 is 24.0 Å². The molecule has 7 heteroatoms. The molecule has 0 amide bonds. The smallest absolute Gasteiger partial charge is 0.212 e. The fourth-order valence-corrected chi connectivity index (χ4v) is 2.55. The van der Waals surface area contributed by atoms with Gasteiger partial charge in [0.2, 0.25) is 5.88 Å². The molecule has 0 aromatic carbocycles. The summed E-state index contributed by atoms with van der Waals surface area (Å²) < 4.78 is 10.3. The number of guanidine groups is 1. The lowest BCUT2D eigenvalue weighted by molar-refractivity contribution is 0.157. The molecule has 1 saturated heterocycles. The summed E-state index contributed by atoms with van der Waals surface area (Å²) in [6.45, 7) is 3.54. The first-order chi connectivity index (χ1) is 10.3. The lowest BCUT2D eigenvalue weighted by Crippen LogP contribution is -2.39. The Kier molecular flexibility index (Phi) is 8.47. The molecular weight excluding hydrogens is 395 g/mol. The summed E-state index contributed by atoms with van der Waals surface area (Å²) in [6, 6.07) is 3.87. The van der Waals surface area contributed by atoms with E-state index in [1.54, 1.807) is 14.2 Å². The van der Waals surface area contributed by atoms with Crippen LogP contribution in [0.5, 0.6) is 5.88 Å². The fourth-order valence-electron chi connectivity index (χ4n) is 2.55. The van der Waals surface area contributed by atoms with Crippen LogP contribution in [0.4, 0.5) is 0 Å². The van der Waals surface area contributed by atoms with Crippen LogP contribution in [0.2, 0.25) is 0 Å². The van der Waals surface area contributed by atoms with Gasteiger partial charge in [-0.15, -0.1) is 24.0 Å². The average molecular weight is 420 g/mol. The summed E-state index contributed by atoms with van der Waals surface area (Å²) in [5, 5.41) is 3.38. The molecule has 2 rings (SSSR count). The Morgan fingerprint density at radius 1 is 1.45 bits per heavy atom. The van der Waals surface area contributed by atoms with Gasteiger partial charge in [-0.25, -0.2) is 4.98 Å². The van der Waals surface area contributed by atoms with Crippen LogP contribution in [0.1, 0.15) is 12.0 Å². The predicted molar refractivity (Wildman–Crippen MR) is 98.0 cm³/mol. The largest absolute Gasteiger partial charge is 0.481 e. The number of nitrogens with zero attached hydrogens (tertiary/aromatic N) is 3. The van der Waals surface area contributed by atoms with Gasteiger partial charge >= 0.3 is 0 Å². The number of hydrogen-bond acceptors (Lipinski definition) is 4. The number of hydrogen-bond donors (Lipinski definition) is 1. The molecule has 0 saturated carbocycles. The first-order valence-corrected chi connectivity index (χ1v) is 7.20. The van der Waals surface area contributed by atoms with Gasteiger partial charge in [-0.2, -0.15) is 0 Å². The molecule has 1 unspecified atom stereocenters. The lowest BCUT2D eigenvalue weighted by atomic mass is 10.1. The van der Waals surface area contributed by atoms with Crippen molar-refractivity contribution < 1.29 is 9.47 Å². The minimum atomic E-state index is 0. The van der Waals surface area contributed by atoms with E-state index in [1.807, 2.05) is 25.4 Å². The van der Waals surface area contributed by atoms with E-state index in [2.05, 4.69) is 20.2 Å². The number of methoxy groups -OCH3 is 2. The molecule has 1 fully saturated rings. The highest BCUT2D eigenvalue weighted by atomic mass is 127. The maximum absolute atomic E-state index is 5.23. The van der Waals surface area contributed by atoms with Gasteiger partial charge in [0.15, 0.2) is 5.96 Å². The van der Waals surface area contributed by atoms with Crippen molar-refractivity contribution in [2.45, 2.75) is 13.0 Å². The van der Waals surface area contributed by atoms with Crippen molar-refractivity contribution in [2.75, 3.05) is 41.0 Å². The van der Waals surface area contributed by atoms with Crippen molar-refractivity contribution >= 4 is 29.9 Å². The topological polar surface area (TPSA) is 59.0 Å². The maximum Gasteiger partial charge on any atom is 0.212 e. The third-order valence-corrected chi connectivity index (χ3v) is 3.66. The van der Waals surface area contributed by atoms with Crippen molar-refractivity contribution in [3.05, 3.63) is 23.9 Å². The van der Waals surface area contributed by atoms with Crippen LogP contribution in [-0.2, 0) is 11.3 Å². The second-order valence-electron chi connectivity index (χ2n) is 5.17. The van der Waals surface area contributed by atoms with E-state index in [0.29, 0.717) is 18.3 Å². The van der Waals surface area contributed by atoms with Gasteiger partial charge in [0.05, 0.1) is 13.7 Å². The Hall–Kier alpha value is -1.09. The van der Waals surface area contributed by atoms with Crippen LogP contribution in [0, 0.1) is 5.92 Å². The summed E-state index contributed by atoms with van der Waals surface area (Å²) in [5.41, 5.74) is 1.10. The number of likely N-dealkylation sites (tertiary alicyclic amines) is 1. The molecule has 1 aliphatic rings. The van der Waals surface area contributed by atoms with Crippen molar-refractivity contribution in [1.82, 2.24) is 15.2 Å².